The van der Waals surface area contributed by atoms with Gasteiger partial charge < -0.3 is 15.4 Å². The number of unbranched alkanes of at least 4 members (excludes halogenated alkanes) is 1. The molecule has 0 spiro atoms. The summed E-state index contributed by atoms with van der Waals surface area (Å²) < 4.78 is 5.44. The van der Waals surface area contributed by atoms with E-state index in [2.05, 4.69) is 44.0 Å². The number of ether oxygens (including phenoxy) is 1. The quantitative estimate of drug-likeness (QED) is 0.756. The summed E-state index contributed by atoms with van der Waals surface area (Å²) in [5.41, 5.74) is 8.04. The van der Waals surface area contributed by atoms with E-state index < -0.39 is 0 Å². The maximum atomic E-state index is 5.53. The molecule has 3 heteroatoms. The summed E-state index contributed by atoms with van der Waals surface area (Å²) in [6.07, 6.45) is 2.18. The van der Waals surface area contributed by atoms with Crippen molar-refractivity contribution in [2.24, 2.45) is 5.73 Å². The maximum absolute atomic E-state index is 5.53. The van der Waals surface area contributed by atoms with Crippen molar-refractivity contribution in [3.63, 3.8) is 0 Å². The third-order valence-corrected chi connectivity index (χ3v) is 3.23. The predicted molar refractivity (Wildman–Crippen MR) is 78.6 cm³/mol. The maximum Gasteiger partial charge on any atom is 0.142 e. The summed E-state index contributed by atoms with van der Waals surface area (Å²) in [7, 11) is 3.83. The standard InChI is InChI=1S/C15H26N2O/c1-12(2)13-7-8-15(18-4)14(11-13)17(3)10-6-5-9-16/h7-8,11-12H,5-6,9-10,16H2,1-4H3. The van der Waals surface area contributed by atoms with Gasteiger partial charge in [-0.2, -0.15) is 0 Å². The van der Waals surface area contributed by atoms with E-state index in [1.165, 1.54) is 11.3 Å². The predicted octanol–water partition coefficient (Wildman–Crippen LogP) is 2.99. The summed E-state index contributed by atoms with van der Waals surface area (Å²) >= 11 is 0. The average molecular weight is 250 g/mol. The first-order valence-electron chi connectivity index (χ1n) is 6.69. The van der Waals surface area contributed by atoms with Crippen LogP contribution < -0.4 is 15.4 Å². The summed E-state index contributed by atoms with van der Waals surface area (Å²) in [5, 5.41) is 0. The Hall–Kier alpha value is -1.22. The first-order chi connectivity index (χ1) is 8.60. The third-order valence-electron chi connectivity index (χ3n) is 3.23. The normalized spacial score (nSPS) is 10.8. The van der Waals surface area contributed by atoms with Crippen molar-refractivity contribution in [1.29, 1.82) is 0 Å². The minimum atomic E-state index is 0.534. The highest BCUT2D eigenvalue weighted by molar-refractivity contribution is 5.60. The van der Waals surface area contributed by atoms with E-state index in [0.717, 1.165) is 31.7 Å². The molecule has 0 aliphatic rings. The third kappa shape index (κ3) is 3.91. The molecule has 0 aromatic heterocycles. The van der Waals surface area contributed by atoms with Crippen LogP contribution in [0.2, 0.25) is 0 Å². The molecule has 0 aliphatic carbocycles. The van der Waals surface area contributed by atoms with E-state index in [0.29, 0.717) is 5.92 Å². The minimum absolute atomic E-state index is 0.534. The fraction of sp³-hybridized carbons (Fsp3) is 0.600. The van der Waals surface area contributed by atoms with Gasteiger partial charge in [0.25, 0.3) is 0 Å². The highest BCUT2D eigenvalue weighted by Gasteiger charge is 2.10. The lowest BCUT2D eigenvalue weighted by Gasteiger charge is -2.23. The van der Waals surface area contributed by atoms with Crippen molar-refractivity contribution in [3.8, 4) is 5.75 Å². The molecule has 0 fully saturated rings. The fourth-order valence-electron chi connectivity index (χ4n) is 1.98. The molecule has 0 radical (unpaired) electrons. The summed E-state index contributed by atoms with van der Waals surface area (Å²) in [6.45, 7) is 6.19. The zero-order chi connectivity index (χ0) is 13.5. The zero-order valence-electron chi connectivity index (χ0n) is 12.1. The lowest BCUT2D eigenvalue weighted by atomic mass is 10.0. The molecule has 0 saturated carbocycles. The Kier molecular flexibility index (Phi) is 5.99. The van der Waals surface area contributed by atoms with Gasteiger partial charge in [0.1, 0.15) is 5.75 Å². The van der Waals surface area contributed by atoms with Gasteiger partial charge in [0, 0.05) is 13.6 Å². The van der Waals surface area contributed by atoms with Crippen LogP contribution in [0, 0.1) is 0 Å². The van der Waals surface area contributed by atoms with Crippen LogP contribution in [0.3, 0.4) is 0 Å². The molecule has 0 heterocycles. The monoisotopic (exact) mass is 250 g/mol. The molecule has 1 aromatic rings. The molecular weight excluding hydrogens is 224 g/mol. The van der Waals surface area contributed by atoms with Crippen LogP contribution in [0.4, 0.5) is 5.69 Å². The number of hydrogen-bond acceptors (Lipinski definition) is 3. The SMILES string of the molecule is COc1ccc(C(C)C)cc1N(C)CCCCN. The Morgan fingerprint density at radius 3 is 2.56 bits per heavy atom. The molecule has 0 bridgehead atoms. The smallest absolute Gasteiger partial charge is 0.142 e. The van der Waals surface area contributed by atoms with Crippen molar-refractivity contribution in [2.75, 3.05) is 32.1 Å². The van der Waals surface area contributed by atoms with Gasteiger partial charge in [-0.25, -0.2) is 0 Å². The highest BCUT2D eigenvalue weighted by Crippen LogP contribution is 2.31. The van der Waals surface area contributed by atoms with Crippen molar-refractivity contribution in [1.82, 2.24) is 0 Å². The first-order valence-corrected chi connectivity index (χ1v) is 6.69. The lowest BCUT2D eigenvalue weighted by molar-refractivity contribution is 0.414. The van der Waals surface area contributed by atoms with Gasteiger partial charge in [0.05, 0.1) is 12.8 Å². The fourth-order valence-corrected chi connectivity index (χ4v) is 1.98. The van der Waals surface area contributed by atoms with Crippen LogP contribution in [0.15, 0.2) is 18.2 Å². The molecule has 0 saturated heterocycles. The van der Waals surface area contributed by atoms with Crippen LogP contribution in [-0.4, -0.2) is 27.2 Å². The molecule has 2 N–H and O–H groups in total. The van der Waals surface area contributed by atoms with E-state index in [1.807, 2.05) is 0 Å². The molecule has 0 atom stereocenters. The second-order valence-corrected chi connectivity index (χ2v) is 5.00. The molecule has 3 nitrogen and oxygen atoms in total. The second-order valence-electron chi connectivity index (χ2n) is 5.00. The molecule has 1 aromatic carbocycles. The number of nitrogens with two attached hydrogens (primary N) is 1. The van der Waals surface area contributed by atoms with Crippen LogP contribution in [0.1, 0.15) is 38.2 Å². The molecule has 18 heavy (non-hydrogen) atoms. The van der Waals surface area contributed by atoms with Crippen molar-refractivity contribution < 1.29 is 4.74 Å². The van der Waals surface area contributed by atoms with Crippen LogP contribution in [-0.2, 0) is 0 Å². The topological polar surface area (TPSA) is 38.5 Å². The van der Waals surface area contributed by atoms with E-state index in [9.17, 15) is 0 Å². The van der Waals surface area contributed by atoms with Gasteiger partial charge in [-0.1, -0.05) is 19.9 Å². The molecule has 0 amide bonds. The van der Waals surface area contributed by atoms with Crippen LogP contribution in [0.5, 0.6) is 5.75 Å². The van der Waals surface area contributed by atoms with E-state index in [4.69, 9.17) is 10.5 Å². The number of benzene rings is 1. The van der Waals surface area contributed by atoms with Gasteiger partial charge in [-0.3, -0.25) is 0 Å². The summed E-state index contributed by atoms with van der Waals surface area (Å²) in [4.78, 5) is 2.25. The van der Waals surface area contributed by atoms with Crippen LogP contribution >= 0.6 is 0 Å². The Bertz CT molecular complexity index is 364. The number of anilines is 1. The Morgan fingerprint density at radius 2 is 2.00 bits per heavy atom. The van der Waals surface area contributed by atoms with Gasteiger partial charge in [-0.05, 0) is 43.0 Å². The van der Waals surface area contributed by atoms with Crippen molar-refractivity contribution in [3.05, 3.63) is 23.8 Å². The van der Waals surface area contributed by atoms with Gasteiger partial charge in [-0.15, -0.1) is 0 Å². The summed E-state index contributed by atoms with van der Waals surface area (Å²) in [5.74, 6) is 1.47. The minimum Gasteiger partial charge on any atom is -0.495 e. The largest absolute Gasteiger partial charge is 0.495 e. The van der Waals surface area contributed by atoms with Gasteiger partial charge >= 0.3 is 0 Å². The molecule has 102 valence electrons. The highest BCUT2D eigenvalue weighted by atomic mass is 16.5. The molecule has 0 unspecified atom stereocenters. The van der Waals surface area contributed by atoms with Crippen LogP contribution in [0.25, 0.3) is 0 Å². The summed E-state index contributed by atoms with van der Waals surface area (Å²) in [6, 6.07) is 6.43. The van der Waals surface area contributed by atoms with E-state index in [-0.39, 0.29) is 0 Å². The van der Waals surface area contributed by atoms with Crippen molar-refractivity contribution in [2.45, 2.75) is 32.6 Å². The second kappa shape index (κ2) is 7.27. The number of rotatable bonds is 7. The van der Waals surface area contributed by atoms with E-state index >= 15 is 0 Å². The van der Waals surface area contributed by atoms with Crippen molar-refractivity contribution >= 4 is 5.69 Å². The van der Waals surface area contributed by atoms with Gasteiger partial charge in [0.15, 0.2) is 0 Å². The first kappa shape index (κ1) is 14.8. The Balaban J connectivity index is 2.85. The van der Waals surface area contributed by atoms with Gasteiger partial charge in [0.2, 0.25) is 0 Å². The number of hydrogen-bond donors (Lipinski definition) is 1. The number of methoxy groups -OCH3 is 1. The van der Waals surface area contributed by atoms with E-state index in [1.54, 1.807) is 7.11 Å². The zero-order valence-corrected chi connectivity index (χ0v) is 12.1. The Labute approximate surface area is 111 Å². The molecule has 1 rings (SSSR count). The average Bonchev–Trinajstić information content (AvgIpc) is 2.38. The Morgan fingerprint density at radius 1 is 1.28 bits per heavy atom. The molecular formula is C15H26N2O. The number of nitrogens with zero attached hydrogens (tertiary/aromatic N) is 1. The molecule has 0 aliphatic heterocycles. The lowest BCUT2D eigenvalue weighted by Crippen LogP contribution is -2.20.